The summed E-state index contributed by atoms with van der Waals surface area (Å²) < 4.78 is 0. The van der Waals surface area contributed by atoms with Gasteiger partial charge in [-0.25, -0.2) is 0 Å². The molecule has 0 spiro atoms. The fourth-order valence-corrected chi connectivity index (χ4v) is 2.62. The second kappa shape index (κ2) is 7.14. The second-order valence-electron chi connectivity index (χ2n) is 5.06. The first-order chi connectivity index (χ1) is 8.15. The van der Waals surface area contributed by atoms with E-state index in [1.54, 1.807) is 0 Å². The second-order valence-corrected chi connectivity index (χ2v) is 6.04. The number of hydrogen-bond acceptors (Lipinski definition) is 3. The van der Waals surface area contributed by atoms with Crippen molar-refractivity contribution in [3.8, 4) is 0 Å². The van der Waals surface area contributed by atoms with E-state index in [-0.39, 0.29) is 12.0 Å². The Morgan fingerprint density at radius 3 is 2.71 bits per heavy atom. The van der Waals surface area contributed by atoms with Gasteiger partial charge in [0.2, 0.25) is 0 Å². The molecule has 0 aliphatic rings. The van der Waals surface area contributed by atoms with Crippen LogP contribution in [0.25, 0.3) is 0 Å². The van der Waals surface area contributed by atoms with Gasteiger partial charge in [-0.2, -0.15) is 0 Å². The maximum atomic E-state index is 9.42. The quantitative estimate of drug-likeness (QED) is 0.744. The van der Waals surface area contributed by atoms with E-state index in [0.717, 1.165) is 19.4 Å². The highest BCUT2D eigenvalue weighted by molar-refractivity contribution is 7.10. The zero-order chi connectivity index (χ0) is 12.7. The van der Waals surface area contributed by atoms with Gasteiger partial charge in [-0.3, -0.25) is 0 Å². The molecule has 0 saturated heterocycles. The molecule has 1 aromatic rings. The first-order valence-electron chi connectivity index (χ1n) is 6.53. The molecule has 3 heteroatoms. The molecule has 2 N–H and O–H groups in total. The molecule has 0 bridgehead atoms. The van der Waals surface area contributed by atoms with Gasteiger partial charge in [0.25, 0.3) is 0 Å². The standard InChI is InChI=1S/C14H25NOS/c1-4-7-12(13-8-6-9-17-13)15-10-14(3,5-2)11-16/h6,8-9,12,15-16H,4-5,7,10-11H2,1-3H3. The summed E-state index contributed by atoms with van der Waals surface area (Å²) in [7, 11) is 0. The van der Waals surface area contributed by atoms with E-state index in [1.807, 2.05) is 11.3 Å². The Morgan fingerprint density at radius 1 is 1.47 bits per heavy atom. The van der Waals surface area contributed by atoms with Gasteiger partial charge in [-0.15, -0.1) is 11.3 Å². The van der Waals surface area contributed by atoms with Crippen LogP contribution in [0.5, 0.6) is 0 Å². The summed E-state index contributed by atoms with van der Waals surface area (Å²) in [4.78, 5) is 1.41. The molecule has 0 aromatic carbocycles. The molecular formula is C14H25NOS. The van der Waals surface area contributed by atoms with Gasteiger partial charge in [0.15, 0.2) is 0 Å². The van der Waals surface area contributed by atoms with Gasteiger partial charge < -0.3 is 10.4 Å². The highest BCUT2D eigenvalue weighted by Crippen LogP contribution is 2.26. The summed E-state index contributed by atoms with van der Waals surface area (Å²) >= 11 is 1.81. The van der Waals surface area contributed by atoms with Crippen molar-refractivity contribution in [2.24, 2.45) is 5.41 Å². The summed E-state index contributed by atoms with van der Waals surface area (Å²) in [5.74, 6) is 0. The third-order valence-corrected chi connectivity index (χ3v) is 4.46. The van der Waals surface area contributed by atoms with E-state index >= 15 is 0 Å². The van der Waals surface area contributed by atoms with E-state index in [1.165, 1.54) is 11.3 Å². The summed E-state index contributed by atoms with van der Waals surface area (Å²) in [6, 6.07) is 4.74. The van der Waals surface area contributed by atoms with Gasteiger partial charge in [-0.05, 0) is 24.3 Å². The fourth-order valence-electron chi connectivity index (χ4n) is 1.79. The van der Waals surface area contributed by atoms with E-state index < -0.39 is 0 Å². The first-order valence-corrected chi connectivity index (χ1v) is 7.41. The topological polar surface area (TPSA) is 32.3 Å². The molecule has 0 aliphatic carbocycles. The molecule has 17 heavy (non-hydrogen) atoms. The third kappa shape index (κ3) is 4.41. The minimum absolute atomic E-state index is 0.00323. The smallest absolute Gasteiger partial charge is 0.0496 e. The number of aliphatic hydroxyl groups is 1. The van der Waals surface area contributed by atoms with Crippen LogP contribution in [0, 0.1) is 5.41 Å². The van der Waals surface area contributed by atoms with Gasteiger partial charge in [0.1, 0.15) is 0 Å². The van der Waals surface area contributed by atoms with Crippen LogP contribution < -0.4 is 5.32 Å². The average molecular weight is 255 g/mol. The lowest BCUT2D eigenvalue weighted by Crippen LogP contribution is -2.36. The lowest BCUT2D eigenvalue weighted by atomic mass is 9.88. The summed E-state index contributed by atoms with van der Waals surface area (Å²) in [6.07, 6.45) is 3.34. The van der Waals surface area contributed by atoms with Crippen molar-refractivity contribution in [2.45, 2.75) is 46.1 Å². The van der Waals surface area contributed by atoms with Crippen molar-refractivity contribution in [2.75, 3.05) is 13.2 Å². The normalized spacial score (nSPS) is 16.7. The van der Waals surface area contributed by atoms with Gasteiger partial charge in [0.05, 0.1) is 0 Å². The summed E-state index contributed by atoms with van der Waals surface area (Å²) in [5, 5.41) is 15.2. The molecule has 0 radical (unpaired) electrons. The number of aliphatic hydroxyl groups excluding tert-OH is 1. The average Bonchev–Trinajstić information content (AvgIpc) is 2.87. The van der Waals surface area contributed by atoms with Crippen LogP contribution in [-0.2, 0) is 0 Å². The Kier molecular flexibility index (Phi) is 6.17. The van der Waals surface area contributed by atoms with Crippen LogP contribution in [0.1, 0.15) is 51.0 Å². The molecule has 1 rings (SSSR count). The molecule has 1 aromatic heterocycles. The largest absolute Gasteiger partial charge is 0.396 e. The lowest BCUT2D eigenvalue weighted by molar-refractivity contribution is 0.131. The molecule has 0 saturated carbocycles. The molecule has 2 nitrogen and oxygen atoms in total. The number of nitrogens with one attached hydrogen (secondary N) is 1. The highest BCUT2D eigenvalue weighted by atomic mass is 32.1. The van der Waals surface area contributed by atoms with Crippen molar-refractivity contribution >= 4 is 11.3 Å². The van der Waals surface area contributed by atoms with Crippen molar-refractivity contribution in [1.29, 1.82) is 0 Å². The fraction of sp³-hybridized carbons (Fsp3) is 0.714. The Bertz CT molecular complexity index is 293. The molecule has 0 aliphatic heterocycles. The summed E-state index contributed by atoms with van der Waals surface area (Å²) in [6.45, 7) is 7.62. The van der Waals surface area contributed by atoms with Crippen LogP contribution in [0.15, 0.2) is 17.5 Å². The molecule has 0 amide bonds. The Labute approximate surface area is 109 Å². The van der Waals surface area contributed by atoms with Crippen LogP contribution in [0.3, 0.4) is 0 Å². The van der Waals surface area contributed by atoms with E-state index in [0.29, 0.717) is 6.04 Å². The van der Waals surface area contributed by atoms with Crippen LogP contribution in [-0.4, -0.2) is 18.3 Å². The molecule has 98 valence electrons. The monoisotopic (exact) mass is 255 g/mol. The van der Waals surface area contributed by atoms with Crippen molar-refractivity contribution in [3.05, 3.63) is 22.4 Å². The third-order valence-electron chi connectivity index (χ3n) is 3.47. The molecule has 2 unspecified atom stereocenters. The van der Waals surface area contributed by atoms with Gasteiger partial charge in [-0.1, -0.05) is 33.3 Å². The molecule has 0 fully saturated rings. The van der Waals surface area contributed by atoms with E-state index in [9.17, 15) is 5.11 Å². The van der Waals surface area contributed by atoms with Crippen LogP contribution >= 0.6 is 11.3 Å². The van der Waals surface area contributed by atoms with Gasteiger partial charge >= 0.3 is 0 Å². The van der Waals surface area contributed by atoms with Crippen molar-refractivity contribution in [3.63, 3.8) is 0 Å². The van der Waals surface area contributed by atoms with Crippen molar-refractivity contribution in [1.82, 2.24) is 5.32 Å². The highest BCUT2D eigenvalue weighted by Gasteiger charge is 2.22. The maximum absolute atomic E-state index is 9.42. The van der Waals surface area contributed by atoms with E-state index in [2.05, 4.69) is 43.6 Å². The van der Waals surface area contributed by atoms with Gasteiger partial charge in [0, 0.05) is 29.5 Å². The minimum Gasteiger partial charge on any atom is -0.396 e. The predicted molar refractivity (Wildman–Crippen MR) is 75.5 cm³/mol. The van der Waals surface area contributed by atoms with Crippen LogP contribution in [0.2, 0.25) is 0 Å². The first kappa shape index (κ1) is 14.7. The Morgan fingerprint density at radius 2 is 2.24 bits per heavy atom. The predicted octanol–water partition coefficient (Wildman–Crippen LogP) is 3.59. The Balaban J connectivity index is 2.56. The minimum atomic E-state index is 0.00323. The SMILES string of the molecule is CCCC(NCC(C)(CC)CO)c1cccs1. The van der Waals surface area contributed by atoms with E-state index in [4.69, 9.17) is 0 Å². The molecule has 2 atom stereocenters. The maximum Gasteiger partial charge on any atom is 0.0496 e. The zero-order valence-electron chi connectivity index (χ0n) is 11.2. The lowest BCUT2D eigenvalue weighted by Gasteiger charge is -2.29. The number of rotatable bonds is 8. The molecular weight excluding hydrogens is 230 g/mol. The zero-order valence-corrected chi connectivity index (χ0v) is 12.0. The summed E-state index contributed by atoms with van der Waals surface area (Å²) in [5.41, 5.74) is 0.00323. The number of hydrogen-bond donors (Lipinski definition) is 2. The number of thiophene rings is 1. The molecule has 1 heterocycles. The Hall–Kier alpha value is -0.380. The van der Waals surface area contributed by atoms with Crippen molar-refractivity contribution < 1.29 is 5.11 Å². The van der Waals surface area contributed by atoms with Crippen LogP contribution in [0.4, 0.5) is 0 Å².